The van der Waals surface area contributed by atoms with Crippen LogP contribution in [0.4, 0.5) is 10.6 Å². The highest BCUT2D eigenvalue weighted by Crippen LogP contribution is 2.29. The maximum Gasteiger partial charge on any atom is 0.410 e. The quantitative estimate of drug-likeness (QED) is 0.705. The number of aromatic nitrogens is 4. The predicted octanol–water partition coefficient (Wildman–Crippen LogP) is 2.85. The van der Waals surface area contributed by atoms with E-state index >= 15 is 0 Å². The summed E-state index contributed by atoms with van der Waals surface area (Å²) in [5, 5.41) is -0.0621. The molecule has 142 valence electrons. The summed E-state index contributed by atoms with van der Waals surface area (Å²) in [4.78, 5) is 28.8. The second kappa shape index (κ2) is 6.57. The van der Waals surface area contributed by atoms with Crippen LogP contribution in [-0.4, -0.2) is 61.3 Å². The summed E-state index contributed by atoms with van der Waals surface area (Å²) in [5.41, 5.74) is -0.0734. The van der Waals surface area contributed by atoms with E-state index in [0.29, 0.717) is 24.4 Å². The Labute approximate surface area is 162 Å². The summed E-state index contributed by atoms with van der Waals surface area (Å²) in [6, 6.07) is -0.277. The predicted molar refractivity (Wildman–Crippen MR) is 101 cm³/mol. The number of carbonyl (C=O) groups is 1. The molecule has 1 amide bonds. The van der Waals surface area contributed by atoms with Gasteiger partial charge in [0.15, 0.2) is 17.0 Å². The normalized spacial score (nSPS) is 23.5. The third-order valence-electron chi connectivity index (χ3n) is 4.24. The zero-order valence-electron chi connectivity index (χ0n) is 18.5. The van der Waals surface area contributed by atoms with E-state index < -0.39 is 12.6 Å². The lowest BCUT2D eigenvalue weighted by atomic mass is 10.1. The number of imidazole rings is 1. The van der Waals surface area contributed by atoms with Gasteiger partial charge in [-0.3, -0.25) is 0 Å². The van der Waals surface area contributed by atoms with Gasteiger partial charge < -0.3 is 19.1 Å². The lowest BCUT2D eigenvalue weighted by Gasteiger charge is -2.44. The molecule has 1 fully saturated rings. The second-order valence-electron chi connectivity index (χ2n) is 7.59. The minimum atomic E-state index is -2.43. The zero-order valence-corrected chi connectivity index (χ0v) is 16.3. The molecule has 9 heteroatoms. The van der Waals surface area contributed by atoms with Gasteiger partial charge in [-0.05, 0) is 46.2 Å². The van der Waals surface area contributed by atoms with Crippen molar-refractivity contribution < 1.29 is 13.6 Å². The number of aryl methyl sites for hydroxylation is 1. The minimum Gasteiger partial charge on any atom is -0.444 e. The molecule has 0 spiro atoms. The highest BCUT2D eigenvalue weighted by atomic mass is 35.5. The van der Waals surface area contributed by atoms with Crippen LogP contribution in [0.15, 0.2) is 6.33 Å². The lowest BCUT2D eigenvalue weighted by molar-refractivity contribution is 0.0130. The van der Waals surface area contributed by atoms with Crippen molar-refractivity contribution in [2.24, 2.45) is 6.98 Å². The molecule has 0 radical (unpaired) electrons. The highest BCUT2D eigenvalue weighted by Gasteiger charge is 2.36. The van der Waals surface area contributed by atoms with Crippen LogP contribution in [-0.2, 0) is 11.7 Å². The Morgan fingerprint density at radius 3 is 2.69 bits per heavy atom. The van der Waals surface area contributed by atoms with Gasteiger partial charge in [-0.15, -0.1) is 0 Å². The number of hydrogen-bond donors (Lipinski definition) is 0. The van der Waals surface area contributed by atoms with Crippen LogP contribution >= 0.6 is 11.6 Å². The topological polar surface area (TPSA) is 76.4 Å². The van der Waals surface area contributed by atoms with Crippen molar-refractivity contribution in [3.63, 3.8) is 0 Å². The van der Waals surface area contributed by atoms with E-state index in [1.54, 1.807) is 4.90 Å². The van der Waals surface area contributed by atoms with E-state index in [0.717, 1.165) is 4.57 Å². The maximum absolute atomic E-state index is 12.6. The van der Waals surface area contributed by atoms with Crippen molar-refractivity contribution in [3.8, 4) is 0 Å². The van der Waals surface area contributed by atoms with Gasteiger partial charge in [0.2, 0.25) is 5.28 Å². The largest absolute Gasteiger partial charge is 0.444 e. The van der Waals surface area contributed by atoms with Crippen LogP contribution in [0.1, 0.15) is 38.7 Å². The Balaban J connectivity index is 1.94. The van der Waals surface area contributed by atoms with Gasteiger partial charge >= 0.3 is 6.09 Å². The molecule has 0 aromatic carbocycles. The fourth-order valence-electron chi connectivity index (χ4n) is 3.06. The standard InChI is InChI=1S/C17H25ClN6O2/c1-10-8-24(16(25)26-17(3,4)5)11(2)7-23(10)14-12-13(20-15(18)21-14)22(6)9-19-12/h9-11H,7-8H2,1-6H3/t10-,11+/m0/s1/i6D3. The molecule has 1 aliphatic rings. The summed E-state index contributed by atoms with van der Waals surface area (Å²) >= 11 is 6.10. The average Bonchev–Trinajstić information content (AvgIpc) is 2.98. The number of carbonyl (C=O) groups excluding carboxylic acids is 1. The smallest absolute Gasteiger partial charge is 0.410 e. The van der Waals surface area contributed by atoms with Gasteiger partial charge in [0.25, 0.3) is 0 Å². The molecule has 2 atom stereocenters. The number of halogens is 1. The summed E-state index contributed by atoms with van der Waals surface area (Å²) in [6.45, 7) is 7.80. The molecule has 0 unspecified atom stereocenters. The van der Waals surface area contributed by atoms with Gasteiger partial charge in [-0.1, -0.05) is 0 Å². The number of anilines is 1. The first-order valence-corrected chi connectivity index (χ1v) is 8.83. The number of fused-ring (bicyclic) bond motifs is 1. The number of rotatable bonds is 1. The first-order valence-electron chi connectivity index (χ1n) is 9.95. The monoisotopic (exact) mass is 383 g/mol. The summed E-state index contributed by atoms with van der Waals surface area (Å²) in [7, 11) is 0. The van der Waals surface area contributed by atoms with Crippen molar-refractivity contribution in [3.05, 3.63) is 11.6 Å². The van der Waals surface area contributed by atoms with Gasteiger partial charge in [0, 0.05) is 36.3 Å². The maximum atomic E-state index is 12.6. The fraction of sp³-hybridized carbons (Fsp3) is 0.647. The van der Waals surface area contributed by atoms with Gasteiger partial charge in [-0.2, -0.15) is 9.97 Å². The molecule has 3 rings (SSSR count). The van der Waals surface area contributed by atoms with Crippen LogP contribution in [0.5, 0.6) is 0 Å². The van der Waals surface area contributed by atoms with Crippen molar-refractivity contribution >= 4 is 34.7 Å². The van der Waals surface area contributed by atoms with Crippen molar-refractivity contribution in [2.45, 2.75) is 52.3 Å². The average molecular weight is 384 g/mol. The summed E-state index contributed by atoms with van der Waals surface area (Å²) in [6.07, 6.45) is 0.853. The van der Waals surface area contributed by atoms with Crippen LogP contribution in [0.2, 0.25) is 5.28 Å². The Kier molecular flexibility index (Phi) is 3.79. The van der Waals surface area contributed by atoms with E-state index in [9.17, 15) is 4.79 Å². The van der Waals surface area contributed by atoms with Gasteiger partial charge in [0.1, 0.15) is 5.60 Å². The first kappa shape index (κ1) is 15.0. The zero-order chi connectivity index (χ0) is 21.7. The van der Waals surface area contributed by atoms with Crippen molar-refractivity contribution in [2.75, 3.05) is 18.0 Å². The molecule has 0 N–H and O–H groups in total. The molecular weight excluding hydrogens is 356 g/mol. The molecule has 2 aromatic rings. The van der Waals surface area contributed by atoms with Crippen LogP contribution in [0.25, 0.3) is 11.2 Å². The Hall–Kier alpha value is -2.09. The Bertz CT molecular complexity index is 926. The molecule has 1 saturated heterocycles. The Morgan fingerprint density at radius 1 is 1.31 bits per heavy atom. The van der Waals surface area contributed by atoms with Crippen LogP contribution in [0, 0.1) is 0 Å². The number of ether oxygens (including phenoxy) is 1. The number of nitrogens with zero attached hydrogens (tertiary/aromatic N) is 6. The van der Waals surface area contributed by atoms with Crippen LogP contribution < -0.4 is 4.90 Å². The molecule has 26 heavy (non-hydrogen) atoms. The van der Waals surface area contributed by atoms with E-state index in [1.165, 1.54) is 6.33 Å². The van der Waals surface area contributed by atoms with Crippen LogP contribution in [0.3, 0.4) is 0 Å². The van der Waals surface area contributed by atoms with E-state index in [1.807, 2.05) is 39.5 Å². The van der Waals surface area contributed by atoms with E-state index in [4.69, 9.17) is 20.5 Å². The van der Waals surface area contributed by atoms with Gasteiger partial charge in [-0.25, -0.2) is 9.78 Å². The minimum absolute atomic E-state index is 0.0621. The SMILES string of the molecule is [2H]C([2H])([2H])n1cnc2c(N3C[C@@H](C)N(C(=O)OC(C)(C)C)C[C@@H]3C)nc(Cl)nc21. The highest BCUT2D eigenvalue weighted by molar-refractivity contribution is 6.28. The molecule has 0 aliphatic carbocycles. The molecule has 0 saturated carbocycles. The number of piperazine rings is 1. The molecular formula is C17H25ClN6O2. The molecule has 3 heterocycles. The first-order chi connectivity index (χ1) is 13.3. The summed E-state index contributed by atoms with van der Waals surface area (Å²) in [5.74, 6) is 0.450. The molecule has 1 aliphatic heterocycles. The lowest BCUT2D eigenvalue weighted by Crippen LogP contribution is -2.59. The van der Waals surface area contributed by atoms with Crippen molar-refractivity contribution in [1.29, 1.82) is 0 Å². The summed E-state index contributed by atoms with van der Waals surface area (Å²) < 4.78 is 29.5. The fourth-order valence-corrected chi connectivity index (χ4v) is 3.22. The molecule has 0 bridgehead atoms. The second-order valence-corrected chi connectivity index (χ2v) is 7.92. The molecule has 2 aromatic heterocycles. The third-order valence-corrected chi connectivity index (χ3v) is 4.41. The van der Waals surface area contributed by atoms with E-state index in [-0.39, 0.29) is 29.1 Å². The number of hydrogen-bond acceptors (Lipinski definition) is 6. The third kappa shape index (κ3) is 3.56. The van der Waals surface area contributed by atoms with Gasteiger partial charge in [0.05, 0.1) is 6.33 Å². The van der Waals surface area contributed by atoms with E-state index in [2.05, 4.69) is 15.0 Å². The number of amides is 1. The Morgan fingerprint density at radius 2 is 2.04 bits per heavy atom. The molecule has 8 nitrogen and oxygen atoms in total. The van der Waals surface area contributed by atoms with Crippen molar-refractivity contribution in [1.82, 2.24) is 24.4 Å².